The smallest absolute Gasteiger partial charge is 0.291 e. The lowest BCUT2D eigenvalue weighted by atomic mass is 9.96. The van der Waals surface area contributed by atoms with Gasteiger partial charge in [0.05, 0.1) is 5.69 Å². The highest BCUT2D eigenvalue weighted by Crippen LogP contribution is 2.28. The maximum Gasteiger partial charge on any atom is 0.291 e. The molecule has 0 aliphatic heterocycles. The monoisotopic (exact) mass is 355 g/mol. The number of aryl methyl sites for hydroxylation is 1. The summed E-state index contributed by atoms with van der Waals surface area (Å²) in [6.07, 6.45) is 3.81. The van der Waals surface area contributed by atoms with Crippen molar-refractivity contribution in [1.82, 2.24) is 20.7 Å². The molecule has 1 aliphatic rings. The van der Waals surface area contributed by atoms with Gasteiger partial charge < -0.3 is 15.6 Å². The van der Waals surface area contributed by atoms with Crippen molar-refractivity contribution in [1.29, 1.82) is 0 Å². The zero-order valence-corrected chi connectivity index (χ0v) is 14.3. The summed E-state index contributed by atoms with van der Waals surface area (Å²) in [5.74, 6) is 0.00592. The molecule has 0 saturated carbocycles. The van der Waals surface area contributed by atoms with E-state index in [-0.39, 0.29) is 5.91 Å². The minimum absolute atomic E-state index is 0.293. The van der Waals surface area contributed by atoms with E-state index in [1.54, 1.807) is 0 Å². The molecule has 0 fully saturated rings. The van der Waals surface area contributed by atoms with Crippen molar-refractivity contribution in [2.45, 2.75) is 31.7 Å². The van der Waals surface area contributed by atoms with Crippen LogP contribution < -0.4 is 11.1 Å². The SMILES string of the molecule is Nc1nnc([C@H](NC(=O)c2onc3c2CCCC3)c2ccccc2)s1. The third-order valence-corrected chi connectivity index (χ3v) is 5.09. The molecule has 2 aromatic heterocycles. The van der Waals surface area contributed by atoms with Crippen LogP contribution in [0, 0.1) is 0 Å². The van der Waals surface area contributed by atoms with Gasteiger partial charge in [0.1, 0.15) is 11.0 Å². The lowest BCUT2D eigenvalue weighted by molar-refractivity contribution is 0.0904. The average Bonchev–Trinajstić information content (AvgIpc) is 3.26. The van der Waals surface area contributed by atoms with E-state index in [0.717, 1.165) is 42.5 Å². The van der Waals surface area contributed by atoms with Gasteiger partial charge in [-0.25, -0.2) is 0 Å². The fourth-order valence-corrected chi connectivity index (χ4v) is 3.75. The molecule has 0 spiro atoms. The fraction of sp³-hybridized carbons (Fsp3) is 0.294. The number of fused-ring (bicyclic) bond motifs is 1. The van der Waals surface area contributed by atoms with Gasteiger partial charge in [-0.1, -0.05) is 46.8 Å². The summed E-state index contributed by atoms with van der Waals surface area (Å²) in [5.41, 5.74) is 8.44. The minimum atomic E-state index is -0.437. The maximum atomic E-state index is 12.8. The molecular formula is C17H17N5O2S. The van der Waals surface area contributed by atoms with Crippen molar-refractivity contribution < 1.29 is 9.32 Å². The Balaban J connectivity index is 1.65. The average molecular weight is 355 g/mol. The molecule has 128 valence electrons. The molecule has 0 radical (unpaired) electrons. The molecule has 3 N–H and O–H groups in total. The van der Waals surface area contributed by atoms with E-state index < -0.39 is 6.04 Å². The Morgan fingerprint density at radius 1 is 1.20 bits per heavy atom. The Hall–Kier alpha value is -2.74. The molecule has 1 amide bonds. The number of carbonyl (C=O) groups is 1. The molecule has 25 heavy (non-hydrogen) atoms. The normalized spacial score (nSPS) is 14.7. The van der Waals surface area contributed by atoms with E-state index >= 15 is 0 Å². The number of rotatable bonds is 4. The van der Waals surface area contributed by atoms with E-state index in [0.29, 0.717) is 15.9 Å². The third kappa shape index (κ3) is 3.12. The molecule has 1 aliphatic carbocycles. The number of nitrogens with one attached hydrogen (secondary N) is 1. The first-order valence-corrected chi connectivity index (χ1v) is 8.96. The molecule has 1 atom stereocenters. The van der Waals surface area contributed by atoms with Gasteiger partial charge >= 0.3 is 0 Å². The van der Waals surface area contributed by atoms with Crippen molar-refractivity contribution in [2.24, 2.45) is 0 Å². The Morgan fingerprint density at radius 3 is 2.76 bits per heavy atom. The minimum Gasteiger partial charge on any atom is -0.374 e. The van der Waals surface area contributed by atoms with Crippen LogP contribution in [0.5, 0.6) is 0 Å². The Morgan fingerprint density at radius 2 is 2.00 bits per heavy atom. The van der Waals surface area contributed by atoms with Gasteiger partial charge in [0.25, 0.3) is 5.91 Å². The van der Waals surface area contributed by atoms with Crippen molar-refractivity contribution >= 4 is 22.4 Å². The molecule has 2 heterocycles. The summed E-state index contributed by atoms with van der Waals surface area (Å²) in [5, 5.41) is 16.0. The summed E-state index contributed by atoms with van der Waals surface area (Å²) >= 11 is 1.25. The molecule has 4 rings (SSSR count). The zero-order chi connectivity index (χ0) is 17.2. The van der Waals surface area contributed by atoms with Crippen LogP contribution in [-0.2, 0) is 12.8 Å². The largest absolute Gasteiger partial charge is 0.374 e. The molecule has 1 aromatic carbocycles. The fourth-order valence-electron chi connectivity index (χ4n) is 3.06. The molecule has 3 aromatic rings. The van der Waals surface area contributed by atoms with Crippen LogP contribution in [0.3, 0.4) is 0 Å². The number of hydrogen-bond donors (Lipinski definition) is 2. The third-order valence-electron chi connectivity index (χ3n) is 4.28. The van der Waals surface area contributed by atoms with Gasteiger partial charge in [0, 0.05) is 5.56 Å². The second kappa shape index (κ2) is 6.64. The first kappa shape index (κ1) is 15.8. The molecule has 0 saturated heterocycles. The molecular weight excluding hydrogens is 338 g/mol. The second-order valence-corrected chi connectivity index (χ2v) is 6.98. The van der Waals surface area contributed by atoms with Crippen molar-refractivity contribution in [2.75, 3.05) is 5.73 Å². The van der Waals surface area contributed by atoms with Crippen LogP contribution in [0.1, 0.15) is 51.3 Å². The Bertz CT molecular complexity index is 890. The van der Waals surface area contributed by atoms with E-state index in [4.69, 9.17) is 10.3 Å². The summed E-state index contributed by atoms with van der Waals surface area (Å²) in [6, 6.07) is 9.16. The summed E-state index contributed by atoms with van der Waals surface area (Å²) < 4.78 is 5.34. The molecule has 0 bridgehead atoms. The summed E-state index contributed by atoms with van der Waals surface area (Å²) in [7, 11) is 0. The standard InChI is InChI=1S/C17H17N5O2S/c18-17-21-20-16(25-17)13(10-6-2-1-3-7-10)19-15(23)14-11-8-4-5-9-12(11)22-24-14/h1-3,6-7,13H,4-5,8-9H2,(H2,18,21)(H,19,23)/t13-/m1/s1. The predicted octanol–water partition coefficient (Wildman–Crippen LogP) is 2.51. The van der Waals surface area contributed by atoms with Gasteiger partial charge in [-0.3, -0.25) is 4.79 Å². The van der Waals surface area contributed by atoms with Crippen LogP contribution in [0.4, 0.5) is 5.13 Å². The molecule has 8 heteroatoms. The number of nitrogen functional groups attached to an aromatic ring is 1. The van der Waals surface area contributed by atoms with Crippen LogP contribution >= 0.6 is 11.3 Å². The van der Waals surface area contributed by atoms with Crippen molar-refractivity contribution in [3.05, 3.63) is 57.9 Å². The van der Waals surface area contributed by atoms with E-state index in [2.05, 4.69) is 20.7 Å². The number of nitrogens with two attached hydrogens (primary N) is 1. The number of aromatic nitrogens is 3. The second-order valence-electron chi connectivity index (χ2n) is 5.94. The predicted molar refractivity (Wildman–Crippen MR) is 93.2 cm³/mol. The van der Waals surface area contributed by atoms with Crippen LogP contribution in [0.15, 0.2) is 34.9 Å². The quantitative estimate of drug-likeness (QED) is 0.745. The first-order chi connectivity index (χ1) is 12.2. The van der Waals surface area contributed by atoms with Crippen molar-refractivity contribution in [3.63, 3.8) is 0 Å². The van der Waals surface area contributed by atoms with Gasteiger partial charge in [0.15, 0.2) is 0 Å². The van der Waals surface area contributed by atoms with Gasteiger partial charge in [-0.05, 0) is 31.2 Å². The number of hydrogen-bond acceptors (Lipinski definition) is 7. The number of anilines is 1. The van der Waals surface area contributed by atoms with Gasteiger partial charge in [0.2, 0.25) is 10.9 Å². The highest BCUT2D eigenvalue weighted by atomic mass is 32.1. The van der Waals surface area contributed by atoms with E-state index in [1.807, 2.05) is 30.3 Å². The van der Waals surface area contributed by atoms with Gasteiger partial charge in [-0.2, -0.15) is 0 Å². The summed E-state index contributed by atoms with van der Waals surface area (Å²) in [6.45, 7) is 0. The number of benzene rings is 1. The highest BCUT2D eigenvalue weighted by molar-refractivity contribution is 7.15. The zero-order valence-electron chi connectivity index (χ0n) is 13.4. The highest BCUT2D eigenvalue weighted by Gasteiger charge is 2.28. The number of nitrogens with zero attached hydrogens (tertiary/aromatic N) is 3. The Labute approximate surface area is 148 Å². The number of amides is 1. The molecule has 7 nitrogen and oxygen atoms in total. The summed E-state index contributed by atoms with van der Waals surface area (Å²) in [4.78, 5) is 12.8. The van der Waals surface area contributed by atoms with Crippen LogP contribution in [0.2, 0.25) is 0 Å². The van der Waals surface area contributed by atoms with Crippen LogP contribution in [-0.4, -0.2) is 21.3 Å². The topological polar surface area (TPSA) is 107 Å². The van der Waals surface area contributed by atoms with E-state index in [9.17, 15) is 4.79 Å². The van der Waals surface area contributed by atoms with Gasteiger partial charge in [-0.15, -0.1) is 10.2 Å². The van der Waals surface area contributed by atoms with E-state index in [1.165, 1.54) is 11.3 Å². The lowest BCUT2D eigenvalue weighted by Crippen LogP contribution is -2.30. The van der Waals surface area contributed by atoms with Crippen LogP contribution in [0.25, 0.3) is 0 Å². The number of carbonyl (C=O) groups excluding carboxylic acids is 1. The first-order valence-electron chi connectivity index (χ1n) is 8.14. The maximum absolute atomic E-state index is 12.8. The molecule has 0 unspecified atom stereocenters. The Kier molecular flexibility index (Phi) is 4.19. The lowest BCUT2D eigenvalue weighted by Gasteiger charge is -2.16. The van der Waals surface area contributed by atoms with Crippen molar-refractivity contribution in [3.8, 4) is 0 Å².